The Morgan fingerprint density at radius 1 is 1.23 bits per heavy atom. The SMILES string of the molecule is C/C=C\NS(=O)(=O)c1ccc(NC(=O)NCc2cccnc2)cc1.C=C/C=C/OC. The number of benzene rings is 1. The summed E-state index contributed by atoms with van der Waals surface area (Å²) in [6, 6.07) is 9.13. The van der Waals surface area contributed by atoms with E-state index in [1.54, 1.807) is 57.0 Å². The number of aromatic nitrogens is 1. The molecule has 0 atom stereocenters. The minimum Gasteiger partial charge on any atom is -0.504 e. The zero-order chi connectivity index (χ0) is 22.2. The maximum atomic E-state index is 11.9. The number of amides is 2. The molecule has 30 heavy (non-hydrogen) atoms. The van der Waals surface area contributed by atoms with E-state index in [1.807, 2.05) is 6.07 Å². The largest absolute Gasteiger partial charge is 0.504 e. The number of carbonyl (C=O) groups excluding carboxylic acids is 1. The second-order valence-corrected chi connectivity index (χ2v) is 7.33. The van der Waals surface area contributed by atoms with Crippen LogP contribution in [0.2, 0.25) is 0 Å². The number of sulfonamides is 1. The molecule has 160 valence electrons. The fourth-order valence-corrected chi connectivity index (χ4v) is 2.88. The number of allylic oxidation sites excluding steroid dienone is 3. The van der Waals surface area contributed by atoms with E-state index < -0.39 is 10.0 Å². The molecule has 0 bridgehead atoms. The molecule has 0 spiro atoms. The van der Waals surface area contributed by atoms with E-state index in [4.69, 9.17) is 0 Å². The molecule has 0 aliphatic carbocycles. The van der Waals surface area contributed by atoms with E-state index in [-0.39, 0.29) is 10.9 Å². The summed E-state index contributed by atoms with van der Waals surface area (Å²) in [5.74, 6) is 0. The summed E-state index contributed by atoms with van der Waals surface area (Å²) in [6.45, 7) is 5.49. The van der Waals surface area contributed by atoms with Crippen LogP contribution in [0.1, 0.15) is 12.5 Å². The number of nitrogens with one attached hydrogen (secondary N) is 3. The summed E-state index contributed by atoms with van der Waals surface area (Å²) in [7, 11) is -1.99. The number of hydrogen-bond acceptors (Lipinski definition) is 5. The van der Waals surface area contributed by atoms with Gasteiger partial charge in [-0.3, -0.25) is 9.71 Å². The van der Waals surface area contributed by atoms with Gasteiger partial charge in [0.2, 0.25) is 0 Å². The first-order chi connectivity index (χ1) is 14.4. The van der Waals surface area contributed by atoms with Crippen LogP contribution >= 0.6 is 0 Å². The highest BCUT2D eigenvalue weighted by Gasteiger charge is 2.11. The topological polar surface area (TPSA) is 109 Å². The van der Waals surface area contributed by atoms with Crippen molar-refractivity contribution in [2.75, 3.05) is 12.4 Å². The lowest BCUT2D eigenvalue weighted by Gasteiger charge is -2.09. The lowest BCUT2D eigenvalue weighted by molar-refractivity contribution is 0.251. The number of urea groups is 1. The Morgan fingerprint density at radius 3 is 2.50 bits per heavy atom. The van der Waals surface area contributed by atoms with E-state index in [0.717, 1.165) is 5.56 Å². The number of anilines is 1. The van der Waals surface area contributed by atoms with Crippen molar-refractivity contribution in [3.63, 3.8) is 0 Å². The van der Waals surface area contributed by atoms with Crippen molar-refractivity contribution in [3.05, 3.63) is 91.6 Å². The van der Waals surface area contributed by atoms with Crippen LogP contribution in [0.3, 0.4) is 0 Å². The first-order valence-corrected chi connectivity index (χ1v) is 10.4. The van der Waals surface area contributed by atoms with Crippen LogP contribution in [0.15, 0.2) is 91.0 Å². The predicted octanol–water partition coefficient (Wildman–Crippen LogP) is 3.55. The maximum absolute atomic E-state index is 11.9. The lowest BCUT2D eigenvalue weighted by Crippen LogP contribution is -2.28. The molecule has 1 heterocycles. The van der Waals surface area contributed by atoms with Crippen molar-refractivity contribution in [3.8, 4) is 0 Å². The molecule has 2 amide bonds. The monoisotopic (exact) mass is 430 g/mol. The minimum atomic E-state index is -3.59. The Bertz CT molecular complexity index is 941. The van der Waals surface area contributed by atoms with Gasteiger partial charge in [0.15, 0.2) is 0 Å². The zero-order valence-corrected chi connectivity index (χ0v) is 17.7. The summed E-state index contributed by atoms with van der Waals surface area (Å²) >= 11 is 0. The fraction of sp³-hybridized carbons (Fsp3) is 0.143. The number of ether oxygens (including phenoxy) is 1. The molecule has 0 saturated carbocycles. The quantitative estimate of drug-likeness (QED) is 0.438. The highest BCUT2D eigenvalue weighted by atomic mass is 32.2. The van der Waals surface area contributed by atoms with Gasteiger partial charge >= 0.3 is 6.03 Å². The number of nitrogens with zero attached hydrogens (tertiary/aromatic N) is 1. The van der Waals surface area contributed by atoms with Crippen molar-refractivity contribution >= 4 is 21.7 Å². The molecule has 2 rings (SSSR count). The Balaban J connectivity index is 0.000000656. The second kappa shape index (κ2) is 13.6. The molecule has 0 aliphatic rings. The van der Waals surface area contributed by atoms with Gasteiger partial charge in [-0.15, -0.1) is 0 Å². The molecule has 3 N–H and O–H groups in total. The lowest BCUT2D eigenvalue weighted by atomic mass is 10.3. The van der Waals surface area contributed by atoms with Crippen molar-refractivity contribution in [2.24, 2.45) is 0 Å². The number of rotatable bonds is 8. The smallest absolute Gasteiger partial charge is 0.319 e. The average Bonchev–Trinajstić information content (AvgIpc) is 2.76. The van der Waals surface area contributed by atoms with Crippen molar-refractivity contribution in [1.82, 2.24) is 15.0 Å². The van der Waals surface area contributed by atoms with Crippen LogP contribution < -0.4 is 15.4 Å². The Labute approximate surface area is 177 Å². The van der Waals surface area contributed by atoms with Crippen LogP contribution in [-0.4, -0.2) is 26.5 Å². The molecule has 8 nitrogen and oxygen atoms in total. The minimum absolute atomic E-state index is 0.113. The zero-order valence-electron chi connectivity index (χ0n) is 16.9. The maximum Gasteiger partial charge on any atom is 0.319 e. The number of hydrogen-bond donors (Lipinski definition) is 3. The average molecular weight is 431 g/mol. The van der Waals surface area contributed by atoms with Crippen LogP contribution in [0, 0.1) is 0 Å². The standard InChI is InChI=1S/C16H18N4O3S.C5H8O/c1-2-9-19-24(22,23)15-7-5-14(6-8-15)20-16(21)18-12-13-4-3-10-17-11-13;1-3-4-5-6-2/h2-11,19H,12H2,1H3,(H2,18,20,21);3-5H,1H2,2H3/b9-2-;5-4+. The Kier molecular flexibility index (Phi) is 11.1. The highest BCUT2D eigenvalue weighted by molar-refractivity contribution is 7.89. The van der Waals surface area contributed by atoms with Gasteiger partial charge < -0.3 is 15.4 Å². The van der Waals surface area contributed by atoms with Gasteiger partial charge in [0.05, 0.1) is 18.3 Å². The molecule has 0 aliphatic heterocycles. The first-order valence-electron chi connectivity index (χ1n) is 8.90. The second-order valence-electron chi connectivity index (χ2n) is 5.61. The summed E-state index contributed by atoms with van der Waals surface area (Å²) in [5, 5.41) is 5.32. The van der Waals surface area contributed by atoms with Gasteiger partial charge in [-0.2, -0.15) is 0 Å². The third-order valence-corrected chi connectivity index (χ3v) is 4.68. The molecule has 0 radical (unpaired) electrons. The van der Waals surface area contributed by atoms with E-state index in [0.29, 0.717) is 12.2 Å². The van der Waals surface area contributed by atoms with Gasteiger partial charge in [-0.25, -0.2) is 13.2 Å². The summed E-state index contributed by atoms with van der Waals surface area (Å²) < 4.78 is 30.7. The molecule has 0 fully saturated rings. The third kappa shape index (κ3) is 9.56. The molecule has 1 aromatic heterocycles. The van der Waals surface area contributed by atoms with Crippen molar-refractivity contribution < 1.29 is 17.9 Å². The molecular weight excluding hydrogens is 404 g/mol. The van der Waals surface area contributed by atoms with Crippen molar-refractivity contribution in [1.29, 1.82) is 0 Å². The van der Waals surface area contributed by atoms with Gasteiger partial charge in [-0.1, -0.05) is 24.8 Å². The van der Waals surface area contributed by atoms with E-state index >= 15 is 0 Å². The number of methoxy groups -OCH3 is 1. The van der Waals surface area contributed by atoms with Crippen molar-refractivity contribution in [2.45, 2.75) is 18.4 Å². The molecule has 9 heteroatoms. The van der Waals surface area contributed by atoms with Gasteiger partial charge in [0, 0.05) is 30.8 Å². The van der Waals surface area contributed by atoms with Crippen LogP contribution in [0.25, 0.3) is 0 Å². The summed E-state index contributed by atoms with van der Waals surface area (Å²) in [6.07, 6.45) is 11.2. The van der Waals surface area contributed by atoms with Gasteiger partial charge in [-0.05, 0) is 48.9 Å². The number of carbonyl (C=O) groups is 1. The predicted molar refractivity (Wildman–Crippen MR) is 118 cm³/mol. The summed E-state index contributed by atoms with van der Waals surface area (Å²) in [5.41, 5.74) is 1.37. The molecule has 1 aromatic carbocycles. The normalized spacial score (nSPS) is 10.7. The molecule has 0 unspecified atom stereocenters. The summed E-state index contributed by atoms with van der Waals surface area (Å²) in [4.78, 5) is 15.9. The third-order valence-electron chi connectivity index (χ3n) is 3.34. The van der Waals surface area contributed by atoms with Crippen LogP contribution in [-0.2, 0) is 21.3 Å². The Hall–Kier alpha value is -3.59. The molecule has 0 saturated heterocycles. The molecule has 2 aromatic rings. The Morgan fingerprint density at radius 2 is 1.97 bits per heavy atom. The van der Waals surface area contributed by atoms with Crippen LogP contribution in [0.4, 0.5) is 10.5 Å². The number of pyridine rings is 1. The first kappa shape index (κ1) is 24.4. The van der Waals surface area contributed by atoms with E-state index in [1.165, 1.54) is 30.5 Å². The molecular formula is C21H26N4O4S. The fourth-order valence-electron chi connectivity index (χ4n) is 1.94. The van der Waals surface area contributed by atoms with Gasteiger partial charge in [0.1, 0.15) is 0 Å². The van der Waals surface area contributed by atoms with Crippen LogP contribution in [0.5, 0.6) is 0 Å². The van der Waals surface area contributed by atoms with Gasteiger partial charge in [0.25, 0.3) is 10.0 Å². The highest BCUT2D eigenvalue weighted by Crippen LogP contribution is 2.14. The van der Waals surface area contributed by atoms with E-state index in [2.05, 4.69) is 31.7 Å². The van der Waals surface area contributed by atoms with E-state index in [9.17, 15) is 13.2 Å².